The van der Waals surface area contributed by atoms with E-state index in [2.05, 4.69) is 24.3 Å². The van der Waals surface area contributed by atoms with E-state index in [9.17, 15) is 0 Å². The lowest BCUT2D eigenvalue weighted by Crippen LogP contribution is -2.30. The molecule has 0 saturated carbocycles. The third kappa shape index (κ3) is 3.50. The Morgan fingerprint density at radius 2 is 2.17 bits per heavy atom. The van der Waals surface area contributed by atoms with Gasteiger partial charge in [0.05, 0.1) is 6.54 Å². The molecule has 1 unspecified atom stereocenters. The molecule has 0 aliphatic carbocycles. The normalized spacial score (nSPS) is 12.7. The van der Waals surface area contributed by atoms with E-state index in [0.717, 1.165) is 17.3 Å². The summed E-state index contributed by atoms with van der Waals surface area (Å²) in [5.74, 6) is 0.508. The van der Waals surface area contributed by atoms with Crippen molar-refractivity contribution in [3.05, 3.63) is 47.7 Å². The molecule has 2 aromatic rings. The smallest absolute Gasteiger partial charge is 0.0613 e. The van der Waals surface area contributed by atoms with E-state index >= 15 is 0 Å². The fourth-order valence-electron chi connectivity index (χ4n) is 1.83. The number of benzene rings is 1. The molecule has 2 rings (SSSR count). The van der Waals surface area contributed by atoms with Crippen LogP contribution in [0, 0.1) is 5.92 Å². The van der Waals surface area contributed by atoms with Gasteiger partial charge in [0.1, 0.15) is 0 Å². The van der Waals surface area contributed by atoms with Crippen molar-refractivity contribution in [1.82, 2.24) is 9.78 Å². The van der Waals surface area contributed by atoms with E-state index in [1.54, 1.807) is 6.20 Å². The number of hydrogen-bond acceptors (Lipinski definition) is 2. The van der Waals surface area contributed by atoms with Gasteiger partial charge >= 0.3 is 0 Å². The molecule has 0 bridgehead atoms. The molecule has 3 nitrogen and oxygen atoms in total. The minimum absolute atomic E-state index is 0.323. The van der Waals surface area contributed by atoms with Crippen molar-refractivity contribution in [3.63, 3.8) is 0 Å². The summed E-state index contributed by atoms with van der Waals surface area (Å²) in [6.45, 7) is 5.24. The van der Waals surface area contributed by atoms with E-state index < -0.39 is 0 Å². The summed E-state index contributed by atoms with van der Waals surface area (Å²) in [4.78, 5) is 0. The Morgan fingerprint density at radius 3 is 2.78 bits per heavy atom. The van der Waals surface area contributed by atoms with Crippen LogP contribution in [-0.4, -0.2) is 15.8 Å². The van der Waals surface area contributed by atoms with Crippen molar-refractivity contribution in [1.29, 1.82) is 0 Å². The highest BCUT2D eigenvalue weighted by atomic mass is 35.5. The third-order valence-corrected chi connectivity index (χ3v) is 3.16. The molecule has 1 aromatic carbocycles. The van der Waals surface area contributed by atoms with Crippen molar-refractivity contribution in [2.75, 3.05) is 5.32 Å². The van der Waals surface area contributed by atoms with Gasteiger partial charge in [-0.1, -0.05) is 31.5 Å². The second-order valence-electron chi connectivity index (χ2n) is 4.73. The number of rotatable bonds is 5. The van der Waals surface area contributed by atoms with Crippen LogP contribution in [0.2, 0.25) is 5.02 Å². The molecule has 18 heavy (non-hydrogen) atoms. The van der Waals surface area contributed by atoms with Gasteiger partial charge in [0, 0.05) is 29.1 Å². The zero-order chi connectivity index (χ0) is 13.0. The monoisotopic (exact) mass is 263 g/mol. The van der Waals surface area contributed by atoms with Gasteiger partial charge in [-0.3, -0.25) is 4.68 Å². The van der Waals surface area contributed by atoms with Crippen molar-refractivity contribution in [3.8, 4) is 0 Å². The number of hydrogen-bond donors (Lipinski definition) is 1. The fourth-order valence-corrected chi connectivity index (χ4v) is 2.02. The first kappa shape index (κ1) is 13.0. The quantitative estimate of drug-likeness (QED) is 0.892. The van der Waals surface area contributed by atoms with Gasteiger partial charge in [-0.05, 0) is 30.2 Å². The first-order valence-corrected chi connectivity index (χ1v) is 6.52. The first-order valence-electron chi connectivity index (χ1n) is 6.14. The molecule has 0 fully saturated rings. The SMILES string of the molecule is CC(C)C(Cn1cccn1)Nc1cccc(Cl)c1. The number of nitrogens with zero attached hydrogens (tertiary/aromatic N) is 2. The minimum atomic E-state index is 0.323. The van der Waals surface area contributed by atoms with Crippen LogP contribution in [0.4, 0.5) is 5.69 Å². The average molecular weight is 264 g/mol. The van der Waals surface area contributed by atoms with E-state index in [4.69, 9.17) is 11.6 Å². The topological polar surface area (TPSA) is 29.9 Å². The van der Waals surface area contributed by atoms with Gasteiger partial charge in [0.2, 0.25) is 0 Å². The standard InChI is InChI=1S/C14H18ClN3/c1-11(2)14(10-18-8-4-7-16-18)17-13-6-3-5-12(15)9-13/h3-9,11,14,17H,10H2,1-2H3. The Balaban J connectivity index is 2.07. The Bertz CT molecular complexity index is 480. The molecule has 0 amide bonds. The fraction of sp³-hybridized carbons (Fsp3) is 0.357. The molecule has 0 aliphatic heterocycles. The highest BCUT2D eigenvalue weighted by Gasteiger charge is 2.14. The van der Waals surface area contributed by atoms with Crippen LogP contribution < -0.4 is 5.32 Å². The summed E-state index contributed by atoms with van der Waals surface area (Å²) in [5.41, 5.74) is 1.05. The van der Waals surface area contributed by atoms with Crippen LogP contribution in [-0.2, 0) is 6.54 Å². The van der Waals surface area contributed by atoms with Gasteiger partial charge in [-0.2, -0.15) is 5.10 Å². The molecule has 1 atom stereocenters. The lowest BCUT2D eigenvalue weighted by molar-refractivity contribution is 0.438. The minimum Gasteiger partial charge on any atom is -0.380 e. The second-order valence-corrected chi connectivity index (χ2v) is 5.17. The summed E-state index contributed by atoms with van der Waals surface area (Å²) in [7, 11) is 0. The summed E-state index contributed by atoms with van der Waals surface area (Å²) in [5, 5.41) is 8.51. The van der Waals surface area contributed by atoms with E-state index in [0.29, 0.717) is 12.0 Å². The Morgan fingerprint density at radius 1 is 1.33 bits per heavy atom. The largest absolute Gasteiger partial charge is 0.380 e. The molecule has 0 spiro atoms. The Kier molecular flexibility index (Phi) is 4.26. The van der Waals surface area contributed by atoms with E-state index in [1.807, 2.05) is 41.2 Å². The average Bonchev–Trinajstić information content (AvgIpc) is 2.81. The first-order chi connectivity index (χ1) is 8.65. The van der Waals surface area contributed by atoms with Crippen molar-refractivity contribution >= 4 is 17.3 Å². The van der Waals surface area contributed by atoms with E-state index in [-0.39, 0.29) is 0 Å². The van der Waals surface area contributed by atoms with Crippen molar-refractivity contribution in [2.24, 2.45) is 5.92 Å². The van der Waals surface area contributed by atoms with Crippen molar-refractivity contribution < 1.29 is 0 Å². The zero-order valence-electron chi connectivity index (χ0n) is 10.7. The summed E-state index contributed by atoms with van der Waals surface area (Å²) < 4.78 is 1.95. The zero-order valence-corrected chi connectivity index (χ0v) is 11.4. The molecule has 1 N–H and O–H groups in total. The van der Waals surface area contributed by atoms with E-state index in [1.165, 1.54) is 0 Å². The molecular weight excluding hydrogens is 246 g/mol. The van der Waals surface area contributed by atoms with Gasteiger partial charge in [-0.25, -0.2) is 0 Å². The lowest BCUT2D eigenvalue weighted by Gasteiger charge is -2.23. The van der Waals surface area contributed by atoms with Gasteiger partial charge in [-0.15, -0.1) is 0 Å². The number of nitrogens with one attached hydrogen (secondary N) is 1. The Labute approximate surface area is 113 Å². The second kappa shape index (κ2) is 5.91. The van der Waals surface area contributed by atoms with Crippen LogP contribution in [0.3, 0.4) is 0 Å². The third-order valence-electron chi connectivity index (χ3n) is 2.92. The van der Waals surface area contributed by atoms with Crippen LogP contribution in [0.1, 0.15) is 13.8 Å². The molecule has 96 valence electrons. The molecule has 4 heteroatoms. The number of halogens is 1. The molecule has 1 aromatic heterocycles. The highest BCUT2D eigenvalue weighted by molar-refractivity contribution is 6.30. The predicted octanol–water partition coefficient (Wildman–Crippen LogP) is 3.67. The van der Waals surface area contributed by atoms with Gasteiger partial charge in [0.15, 0.2) is 0 Å². The summed E-state index contributed by atoms with van der Waals surface area (Å²) in [6, 6.07) is 10.1. The van der Waals surface area contributed by atoms with Crippen LogP contribution >= 0.6 is 11.6 Å². The van der Waals surface area contributed by atoms with Crippen LogP contribution in [0.5, 0.6) is 0 Å². The van der Waals surface area contributed by atoms with Crippen LogP contribution in [0.25, 0.3) is 0 Å². The number of aromatic nitrogens is 2. The van der Waals surface area contributed by atoms with Gasteiger partial charge in [0.25, 0.3) is 0 Å². The molecule has 0 radical (unpaired) electrons. The Hall–Kier alpha value is -1.48. The molecule has 1 heterocycles. The number of anilines is 1. The maximum atomic E-state index is 5.99. The van der Waals surface area contributed by atoms with Gasteiger partial charge < -0.3 is 5.32 Å². The summed E-state index contributed by atoms with van der Waals surface area (Å²) in [6.07, 6.45) is 3.78. The molecule has 0 saturated heterocycles. The lowest BCUT2D eigenvalue weighted by atomic mass is 10.0. The van der Waals surface area contributed by atoms with Crippen molar-refractivity contribution in [2.45, 2.75) is 26.4 Å². The van der Waals surface area contributed by atoms with Crippen LogP contribution in [0.15, 0.2) is 42.7 Å². The molecular formula is C14H18ClN3. The molecule has 0 aliphatic rings. The maximum absolute atomic E-state index is 5.99. The highest BCUT2D eigenvalue weighted by Crippen LogP contribution is 2.18. The predicted molar refractivity (Wildman–Crippen MR) is 75.9 cm³/mol. The summed E-state index contributed by atoms with van der Waals surface area (Å²) >= 11 is 5.99. The maximum Gasteiger partial charge on any atom is 0.0613 e.